The van der Waals surface area contributed by atoms with Crippen molar-refractivity contribution in [2.24, 2.45) is 18.7 Å². The van der Waals surface area contributed by atoms with Crippen molar-refractivity contribution in [3.8, 4) is 0 Å². The maximum absolute atomic E-state index is 6.17. The molecule has 0 saturated carbocycles. The van der Waals surface area contributed by atoms with Gasteiger partial charge in [-0.1, -0.05) is 0 Å². The van der Waals surface area contributed by atoms with Crippen LogP contribution >= 0.6 is 0 Å². The number of hydrogen-bond donors (Lipinski definition) is 1. The molecule has 2 N–H and O–H groups in total. The van der Waals surface area contributed by atoms with Crippen molar-refractivity contribution in [1.82, 2.24) is 9.78 Å². The molecule has 14 heavy (non-hydrogen) atoms. The van der Waals surface area contributed by atoms with Gasteiger partial charge in [-0.3, -0.25) is 4.68 Å². The molecule has 1 aliphatic heterocycles. The van der Waals surface area contributed by atoms with Crippen LogP contribution in [0.1, 0.15) is 24.6 Å². The van der Waals surface area contributed by atoms with Crippen molar-refractivity contribution in [1.29, 1.82) is 0 Å². The predicted molar refractivity (Wildman–Crippen MR) is 53.7 cm³/mol. The van der Waals surface area contributed by atoms with Gasteiger partial charge in [0.25, 0.3) is 0 Å². The molecule has 1 fully saturated rings. The van der Waals surface area contributed by atoms with Crippen LogP contribution in [0.5, 0.6) is 0 Å². The number of aryl methyl sites for hydroxylation is 1. The molecule has 1 saturated heterocycles. The van der Waals surface area contributed by atoms with Crippen molar-refractivity contribution in [3.05, 3.63) is 18.0 Å². The Labute approximate surface area is 84.0 Å². The van der Waals surface area contributed by atoms with Crippen molar-refractivity contribution in [2.45, 2.75) is 18.9 Å². The topological polar surface area (TPSA) is 53.1 Å². The Bertz CT molecular complexity index is 291. The van der Waals surface area contributed by atoms with E-state index in [-0.39, 0.29) is 6.04 Å². The average molecular weight is 195 g/mol. The lowest BCUT2D eigenvalue weighted by molar-refractivity contribution is 0.0437. The van der Waals surface area contributed by atoms with Gasteiger partial charge in [0.2, 0.25) is 0 Å². The van der Waals surface area contributed by atoms with Crippen molar-refractivity contribution in [2.75, 3.05) is 13.2 Å². The van der Waals surface area contributed by atoms with Crippen LogP contribution in [0.3, 0.4) is 0 Å². The van der Waals surface area contributed by atoms with Gasteiger partial charge >= 0.3 is 0 Å². The molecule has 2 atom stereocenters. The first-order chi connectivity index (χ1) is 6.79. The number of hydrogen-bond acceptors (Lipinski definition) is 3. The minimum absolute atomic E-state index is 0.0581. The fraction of sp³-hybridized carbons (Fsp3) is 0.700. The number of nitrogens with two attached hydrogens (primary N) is 1. The molecule has 2 heterocycles. The molecule has 0 aromatic carbocycles. The molecule has 0 radical (unpaired) electrons. The lowest BCUT2D eigenvalue weighted by Crippen LogP contribution is -2.30. The Kier molecular flexibility index (Phi) is 2.84. The molecule has 0 amide bonds. The summed E-state index contributed by atoms with van der Waals surface area (Å²) in [5, 5.41) is 4.13. The molecular weight excluding hydrogens is 178 g/mol. The summed E-state index contributed by atoms with van der Waals surface area (Å²) in [5.74, 6) is 0.444. The molecule has 0 bridgehead atoms. The van der Waals surface area contributed by atoms with E-state index in [1.165, 1.54) is 0 Å². The highest BCUT2D eigenvalue weighted by atomic mass is 16.5. The Balaban J connectivity index is 2.07. The Hall–Kier alpha value is -0.870. The maximum Gasteiger partial charge on any atom is 0.0551 e. The molecule has 1 aromatic heterocycles. The smallest absolute Gasteiger partial charge is 0.0551 e. The van der Waals surface area contributed by atoms with E-state index in [9.17, 15) is 0 Å². The van der Waals surface area contributed by atoms with Crippen molar-refractivity contribution < 1.29 is 4.74 Å². The predicted octanol–water partition coefficient (Wildman–Crippen LogP) is 0.847. The van der Waals surface area contributed by atoms with Gasteiger partial charge in [0.05, 0.1) is 18.3 Å². The second-order valence-electron chi connectivity index (χ2n) is 3.88. The minimum atomic E-state index is 0.0581. The van der Waals surface area contributed by atoms with Crippen molar-refractivity contribution >= 4 is 0 Å². The molecule has 78 valence electrons. The van der Waals surface area contributed by atoms with Gasteiger partial charge in [-0.2, -0.15) is 5.10 Å². The highest BCUT2D eigenvalue weighted by Crippen LogP contribution is 2.25. The molecule has 2 rings (SSSR count). The summed E-state index contributed by atoms with van der Waals surface area (Å²) in [6.45, 7) is 1.67. The quantitative estimate of drug-likeness (QED) is 0.761. The first-order valence-electron chi connectivity index (χ1n) is 5.10. The normalized spacial score (nSPS) is 24.9. The number of aromatic nitrogens is 2. The van der Waals surface area contributed by atoms with E-state index in [1.807, 2.05) is 17.8 Å². The molecule has 0 aliphatic carbocycles. The zero-order valence-corrected chi connectivity index (χ0v) is 8.52. The highest BCUT2D eigenvalue weighted by molar-refractivity contribution is 5.07. The highest BCUT2D eigenvalue weighted by Gasteiger charge is 2.24. The van der Waals surface area contributed by atoms with Crippen LogP contribution in [-0.4, -0.2) is 23.0 Å². The van der Waals surface area contributed by atoms with Gasteiger partial charge in [-0.25, -0.2) is 0 Å². The molecule has 2 unspecified atom stereocenters. The summed E-state index contributed by atoms with van der Waals surface area (Å²) in [4.78, 5) is 0. The largest absolute Gasteiger partial charge is 0.381 e. The monoisotopic (exact) mass is 195 g/mol. The minimum Gasteiger partial charge on any atom is -0.381 e. The third kappa shape index (κ3) is 1.81. The first-order valence-corrected chi connectivity index (χ1v) is 5.10. The van der Waals surface area contributed by atoms with Crippen LogP contribution in [-0.2, 0) is 11.8 Å². The van der Waals surface area contributed by atoms with Crippen LogP contribution in [0, 0.1) is 5.92 Å². The van der Waals surface area contributed by atoms with Crippen LogP contribution in [0.25, 0.3) is 0 Å². The summed E-state index contributed by atoms with van der Waals surface area (Å²) >= 11 is 0. The summed E-state index contributed by atoms with van der Waals surface area (Å²) in [5.41, 5.74) is 7.27. The standard InChI is InChI=1S/C10H17N3O/c1-13-9(4-5-12-13)10(11)8-3-2-6-14-7-8/h4-5,8,10H,2-3,6-7,11H2,1H3. The van der Waals surface area contributed by atoms with E-state index in [4.69, 9.17) is 10.5 Å². The summed E-state index contributed by atoms with van der Waals surface area (Å²) in [7, 11) is 1.93. The average Bonchev–Trinajstić information content (AvgIpc) is 2.65. The van der Waals surface area contributed by atoms with Gasteiger partial charge in [0.15, 0.2) is 0 Å². The lowest BCUT2D eigenvalue weighted by Gasteiger charge is -2.27. The lowest BCUT2D eigenvalue weighted by atomic mass is 9.92. The molecule has 1 aliphatic rings. The van der Waals surface area contributed by atoms with Gasteiger partial charge in [-0.15, -0.1) is 0 Å². The van der Waals surface area contributed by atoms with Gasteiger partial charge < -0.3 is 10.5 Å². The van der Waals surface area contributed by atoms with E-state index in [1.54, 1.807) is 6.20 Å². The molecule has 4 heteroatoms. The second kappa shape index (κ2) is 4.11. The van der Waals surface area contributed by atoms with E-state index in [2.05, 4.69) is 5.10 Å². The van der Waals surface area contributed by atoms with E-state index < -0.39 is 0 Å². The molecule has 1 aromatic rings. The van der Waals surface area contributed by atoms with Gasteiger partial charge in [-0.05, 0) is 18.9 Å². The maximum atomic E-state index is 6.17. The third-order valence-electron chi connectivity index (χ3n) is 2.90. The van der Waals surface area contributed by atoms with Crippen LogP contribution < -0.4 is 5.73 Å². The molecule has 0 spiro atoms. The summed E-state index contributed by atoms with van der Waals surface area (Å²) in [6, 6.07) is 2.04. The number of rotatable bonds is 2. The van der Waals surface area contributed by atoms with Crippen LogP contribution in [0.4, 0.5) is 0 Å². The van der Waals surface area contributed by atoms with Crippen LogP contribution in [0.15, 0.2) is 12.3 Å². The van der Waals surface area contributed by atoms with Crippen LogP contribution in [0.2, 0.25) is 0 Å². The number of ether oxygens (including phenoxy) is 1. The van der Waals surface area contributed by atoms with Crippen molar-refractivity contribution in [3.63, 3.8) is 0 Å². The fourth-order valence-electron chi connectivity index (χ4n) is 2.00. The Morgan fingerprint density at radius 1 is 1.71 bits per heavy atom. The molecular formula is C10H17N3O. The number of nitrogens with zero attached hydrogens (tertiary/aromatic N) is 2. The Morgan fingerprint density at radius 3 is 3.14 bits per heavy atom. The van der Waals surface area contributed by atoms with Gasteiger partial charge in [0, 0.05) is 25.8 Å². The zero-order chi connectivity index (χ0) is 9.97. The Morgan fingerprint density at radius 2 is 2.57 bits per heavy atom. The fourth-order valence-corrected chi connectivity index (χ4v) is 2.00. The van der Waals surface area contributed by atoms with E-state index >= 15 is 0 Å². The second-order valence-corrected chi connectivity index (χ2v) is 3.88. The molecule has 4 nitrogen and oxygen atoms in total. The SMILES string of the molecule is Cn1nccc1C(N)C1CCCOC1. The zero-order valence-electron chi connectivity index (χ0n) is 8.52. The summed E-state index contributed by atoms with van der Waals surface area (Å²) < 4.78 is 7.28. The van der Waals surface area contributed by atoms with E-state index in [0.717, 1.165) is 31.7 Å². The first kappa shape index (κ1) is 9.68. The van der Waals surface area contributed by atoms with Gasteiger partial charge in [0.1, 0.15) is 0 Å². The van der Waals surface area contributed by atoms with E-state index in [0.29, 0.717) is 5.92 Å². The third-order valence-corrected chi connectivity index (χ3v) is 2.90. The summed E-state index contributed by atoms with van der Waals surface area (Å²) in [6.07, 6.45) is 4.07.